The molecule has 20 heavy (non-hydrogen) atoms. The van der Waals surface area contributed by atoms with E-state index in [1.54, 1.807) is 12.1 Å². The summed E-state index contributed by atoms with van der Waals surface area (Å²) in [6, 6.07) is 4.84. The Bertz CT molecular complexity index is 525. The van der Waals surface area contributed by atoms with E-state index >= 15 is 0 Å². The standard InChI is InChI=1S/C12H19BrN2O3S.ClH/c1-4-14-9(2)8-15-19(16,17)12-6-5-10(18-3)7-11(12)13;/h5-7,9,14-15H,4,8H2,1-3H3;1H/t9-;/m1./s1. The molecular formula is C12H20BrClN2O3S. The van der Waals surface area contributed by atoms with Crippen LogP contribution in [0.2, 0.25) is 0 Å². The molecule has 0 heterocycles. The first-order valence-corrected chi connectivity index (χ1v) is 8.25. The highest BCUT2D eigenvalue weighted by Crippen LogP contribution is 2.26. The summed E-state index contributed by atoms with van der Waals surface area (Å²) in [5, 5.41) is 3.14. The van der Waals surface area contributed by atoms with Crippen molar-refractivity contribution in [3.63, 3.8) is 0 Å². The maximum absolute atomic E-state index is 12.2. The molecule has 0 fully saturated rings. The number of halogens is 2. The third-order valence-electron chi connectivity index (χ3n) is 2.56. The lowest BCUT2D eigenvalue weighted by Gasteiger charge is -2.14. The van der Waals surface area contributed by atoms with Crippen LogP contribution in [0.25, 0.3) is 0 Å². The van der Waals surface area contributed by atoms with Crippen LogP contribution in [0.1, 0.15) is 13.8 Å². The summed E-state index contributed by atoms with van der Waals surface area (Å²) in [5.74, 6) is 0.604. The minimum absolute atomic E-state index is 0. The first kappa shape index (κ1) is 19.7. The fourth-order valence-electron chi connectivity index (χ4n) is 1.56. The maximum atomic E-state index is 12.2. The Hall–Kier alpha value is -0.340. The third kappa shape index (κ3) is 5.57. The summed E-state index contributed by atoms with van der Waals surface area (Å²) < 4.78 is 32.4. The average Bonchev–Trinajstić information content (AvgIpc) is 2.36. The van der Waals surface area contributed by atoms with Crippen molar-refractivity contribution in [2.45, 2.75) is 24.8 Å². The SMILES string of the molecule is CCN[C@H](C)CNS(=O)(=O)c1ccc(OC)cc1Br.Cl. The van der Waals surface area contributed by atoms with Crippen molar-refractivity contribution in [3.05, 3.63) is 22.7 Å². The number of rotatable bonds is 7. The highest BCUT2D eigenvalue weighted by atomic mass is 79.9. The maximum Gasteiger partial charge on any atom is 0.241 e. The Kier molecular flexibility index (Phi) is 8.69. The number of methoxy groups -OCH3 is 1. The van der Waals surface area contributed by atoms with Gasteiger partial charge in [-0.1, -0.05) is 6.92 Å². The van der Waals surface area contributed by atoms with Gasteiger partial charge in [0.1, 0.15) is 5.75 Å². The monoisotopic (exact) mass is 386 g/mol. The lowest BCUT2D eigenvalue weighted by atomic mass is 10.3. The van der Waals surface area contributed by atoms with E-state index < -0.39 is 10.0 Å². The highest BCUT2D eigenvalue weighted by Gasteiger charge is 2.18. The summed E-state index contributed by atoms with van der Waals surface area (Å²) in [4.78, 5) is 0.206. The van der Waals surface area contributed by atoms with Gasteiger partial charge in [-0.15, -0.1) is 12.4 Å². The van der Waals surface area contributed by atoms with Crippen LogP contribution in [-0.4, -0.2) is 34.7 Å². The van der Waals surface area contributed by atoms with Gasteiger partial charge in [0.15, 0.2) is 0 Å². The zero-order valence-electron chi connectivity index (χ0n) is 11.6. The van der Waals surface area contributed by atoms with Crippen LogP contribution in [0, 0.1) is 0 Å². The molecule has 1 aromatic rings. The Morgan fingerprint density at radius 2 is 2.05 bits per heavy atom. The number of nitrogens with one attached hydrogen (secondary N) is 2. The van der Waals surface area contributed by atoms with Gasteiger partial charge in [-0.25, -0.2) is 13.1 Å². The number of hydrogen-bond donors (Lipinski definition) is 2. The fraction of sp³-hybridized carbons (Fsp3) is 0.500. The molecule has 0 unspecified atom stereocenters. The van der Waals surface area contributed by atoms with Gasteiger partial charge in [-0.05, 0) is 47.6 Å². The molecule has 2 N–H and O–H groups in total. The first-order valence-electron chi connectivity index (χ1n) is 5.97. The van der Waals surface area contributed by atoms with E-state index in [1.807, 2.05) is 13.8 Å². The van der Waals surface area contributed by atoms with Crippen LogP contribution in [0.15, 0.2) is 27.6 Å². The summed E-state index contributed by atoms with van der Waals surface area (Å²) in [6.45, 7) is 5.05. The molecule has 0 spiro atoms. The zero-order valence-corrected chi connectivity index (χ0v) is 14.9. The molecule has 0 aliphatic rings. The van der Waals surface area contributed by atoms with Crippen LogP contribution in [0.3, 0.4) is 0 Å². The van der Waals surface area contributed by atoms with Crippen LogP contribution in [0.4, 0.5) is 0 Å². The number of hydrogen-bond acceptors (Lipinski definition) is 4. The smallest absolute Gasteiger partial charge is 0.241 e. The lowest BCUT2D eigenvalue weighted by molar-refractivity contribution is 0.414. The number of ether oxygens (including phenoxy) is 1. The predicted octanol–water partition coefficient (Wildman–Crippen LogP) is 2.16. The van der Waals surface area contributed by atoms with Gasteiger partial charge in [0.05, 0.1) is 12.0 Å². The molecule has 116 valence electrons. The van der Waals surface area contributed by atoms with E-state index in [4.69, 9.17) is 4.74 Å². The van der Waals surface area contributed by atoms with Crippen molar-refractivity contribution in [3.8, 4) is 5.75 Å². The second-order valence-electron chi connectivity index (χ2n) is 4.11. The van der Waals surface area contributed by atoms with E-state index in [0.717, 1.165) is 6.54 Å². The van der Waals surface area contributed by atoms with Gasteiger partial charge < -0.3 is 10.1 Å². The molecule has 0 amide bonds. The summed E-state index contributed by atoms with van der Waals surface area (Å²) in [6.07, 6.45) is 0. The van der Waals surface area contributed by atoms with E-state index in [9.17, 15) is 8.42 Å². The predicted molar refractivity (Wildman–Crippen MR) is 86.3 cm³/mol. The number of sulfonamides is 1. The average molecular weight is 388 g/mol. The largest absolute Gasteiger partial charge is 0.497 e. The van der Waals surface area contributed by atoms with Crippen molar-refractivity contribution in [1.82, 2.24) is 10.0 Å². The molecule has 8 heteroatoms. The Morgan fingerprint density at radius 3 is 2.55 bits per heavy atom. The third-order valence-corrected chi connectivity index (χ3v) is 4.96. The normalized spacial score (nSPS) is 12.6. The molecule has 0 bridgehead atoms. The van der Waals surface area contributed by atoms with Crippen molar-refractivity contribution < 1.29 is 13.2 Å². The molecule has 5 nitrogen and oxygen atoms in total. The molecular weight excluding hydrogens is 368 g/mol. The second-order valence-corrected chi connectivity index (χ2v) is 6.70. The van der Waals surface area contributed by atoms with Crippen LogP contribution >= 0.6 is 28.3 Å². The van der Waals surface area contributed by atoms with Crippen molar-refractivity contribution >= 4 is 38.4 Å². The number of benzene rings is 1. The van der Waals surface area contributed by atoms with E-state index in [0.29, 0.717) is 16.8 Å². The molecule has 0 aliphatic heterocycles. The van der Waals surface area contributed by atoms with Crippen LogP contribution < -0.4 is 14.8 Å². The molecule has 1 aromatic carbocycles. The van der Waals surface area contributed by atoms with Gasteiger partial charge in [0, 0.05) is 17.1 Å². The summed E-state index contributed by atoms with van der Waals surface area (Å²) >= 11 is 3.25. The summed E-state index contributed by atoms with van der Waals surface area (Å²) in [7, 11) is -1.99. The van der Waals surface area contributed by atoms with Gasteiger partial charge in [0.2, 0.25) is 10.0 Å². The topological polar surface area (TPSA) is 67.4 Å². The molecule has 1 rings (SSSR count). The van der Waals surface area contributed by atoms with E-state index in [1.165, 1.54) is 13.2 Å². The molecule has 0 saturated carbocycles. The van der Waals surface area contributed by atoms with Crippen LogP contribution in [-0.2, 0) is 10.0 Å². The fourth-order valence-corrected chi connectivity index (χ4v) is 3.74. The molecule has 0 radical (unpaired) electrons. The Morgan fingerprint density at radius 1 is 1.40 bits per heavy atom. The van der Waals surface area contributed by atoms with Gasteiger partial charge in [0.25, 0.3) is 0 Å². The van der Waals surface area contributed by atoms with Gasteiger partial charge in [-0.3, -0.25) is 0 Å². The highest BCUT2D eigenvalue weighted by molar-refractivity contribution is 9.10. The molecule has 0 aromatic heterocycles. The lowest BCUT2D eigenvalue weighted by Crippen LogP contribution is -2.38. The molecule has 1 atom stereocenters. The first-order chi connectivity index (χ1) is 8.90. The Labute approximate surface area is 135 Å². The minimum Gasteiger partial charge on any atom is -0.497 e. The molecule has 0 saturated heterocycles. The van der Waals surface area contributed by atoms with Crippen LogP contribution in [0.5, 0.6) is 5.75 Å². The quantitative estimate of drug-likeness (QED) is 0.752. The van der Waals surface area contributed by atoms with Gasteiger partial charge >= 0.3 is 0 Å². The summed E-state index contributed by atoms with van der Waals surface area (Å²) in [5.41, 5.74) is 0. The Balaban J connectivity index is 0.00000361. The molecule has 0 aliphatic carbocycles. The van der Waals surface area contributed by atoms with Crippen molar-refractivity contribution in [2.24, 2.45) is 0 Å². The van der Waals surface area contributed by atoms with E-state index in [-0.39, 0.29) is 23.3 Å². The minimum atomic E-state index is -3.52. The number of likely N-dealkylation sites (N-methyl/N-ethyl adjacent to an activating group) is 1. The van der Waals surface area contributed by atoms with Crippen molar-refractivity contribution in [2.75, 3.05) is 20.2 Å². The van der Waals surface area contributed by atoms with Gasteiger partial charge in [-0.2, -0.15) is 0 Å². The van der Waals surface area contributed by atoms with Crippen molar-refractivity contribution in [1.29, 1.82) is 0 Å². The van der Waals surface area contributed by atoms with E-state index in [2.05, 4.69) is 26.0 Å². The zero-order chi connectivity index (χ0) is 14.5. The second kappa shape index (κ2) is 8.84.